The highest BCUT2D eigenvalue weighted by molar-refractivity contribution is 5.06. The number of hydrogen-bond acceptors (Lipinski definition) is 3. The third-order valence-electron chi connectivity index (χ3n) is 2.78. The molecule has 2 rings (SSSR count). The molecule has 78 valence electrons. The van der Waals surface area contributed by atoms with Crippen LogP contribution in [0.5, 0.6) is 0 Å². The molecule has 3 unspecified atom stereocenters. The van der Waals surface area contributed by atoms with Crippen LogP contribution in [-0.2, 0) is 11.8 Å². The van der Waals surface area contributed by atoms with E-state index in [0.717, 1.165) is 18.5 Å². The van der Waals surface area contributed by atoms with Gasteiger partial charge in [-0.1, -0.05) is 0 Å². The van der Waals surface area contributed by atoms with Crippen molar-refractivity contribution < 1.29 is 9.84 Å². The van der Waals surface area contributed by atoms with Crippen molar-refractivity contribution in [2.45, 2.75) is 38.1 Å². The summed E-state index contributed by atoms with van der Waals surface area (Å²) in [4.78, 5) is 0. The topological polar surface area (TPSA) is 47.3 Å². The number of rotatable bonds is 2. The molecule has 2 heterocycles. The lowest BCUT2D eigenvalue weighted by Gasteiger charge is -2.18. The van der Waals surface area contributed by atoms with Gasteiger partial charge in [-0.15, -0.1) is 0 Å². The summed E-state index contributed by atoms with van der Waals surface area (Å²) in [5.74, 6) is 0. The molecule has 1 saturated heterocycles. The van der Waals surface area contributed by atoms with Crippen LogP contribution in [0.15, 0.2) is 12.3 Å². The van der Waals surface area contributed by atoms with Gasteiger partial charge in [0.25, 0.3) is 0 Å². The molecule has 0 aromatic carbocycles. The molecule has 3 atom stereocenters. The number of hydrogen-bond donors (Lipinski definition) is 1. The molecule has 0 bridgehead atoms. The van der Waals surface area contributed by atoms with E-state index < -0.39 is 6.10 Å². The van der Waals surface area contributed by atoms with Gasteiger partial charge in [-0.25, -0.2) is 0 Å². The van der Waals surface area contributed by atoms with E-state index in [9.17, 15) is 5.11 Å². The number of aryl methyl sites for hydroxylation is 1. The van der Waals surface area contributed by atoms with Crippen molar-refractivity contribution in [3.8, 4) is 0 Å². The molecule has 1 aromatic heterocycles. The average Bonchev–Trinajstić information content (AvgIpc) is 2.73. The van der Waals surface area contributed by atoms with Gasteiger partial charge >= 0.3 is 0 Å². The van der Waals surface area contributed by atoms with Crippen LogP contribution >= 0.6 is 0 Å². The number of nitrogens with zero attached hydrogens (tertiary/aromatic N) is 2. The molecule has 1 aliphatic heterocycles. The minimum atomic E-state index is -0.549. The molecule has 0 spiro atoms. The lowest BCUT2D eigenvalue weighted by Crippen LogP contribution is -2.20. The van der Waals surface area contributed by atoms with E-state index in [-0.39, 0.29) is 12.2 Å². The molecule has 4 nitrogen and oxygen atoms in total. The Balaban J connectivity index is 2.09. The van der Waals surface area contributed by atoms with Crippen LogP contribution in [0.25, 0.3) is 0 Å². The predicted molar refractivity (Wildman–Crippen MR) is 51.7 cm³/mol. The van der Waals surface area contributed by atoms with E-state index in [1.54, 1.807) is 10.9 Å². The predicted octanol–water partition coefficient (Wildman–Crippen LogP) is 1.02. The first-order valence-electron chi connectivity index (χ1n) is 5.00. The summed E-state index contributed by atoms with van der Waals surface area (Å²) in [6.45, 7) is 2.04. The largest absolute Gasteiger partial charge is 0.384 e. The fourth-order valence-electron chi connectivity index (χ4n) is 1.93. The Morgan fingerprint density at radius 2 is 2.43 bits per heavy atom. The van der Waals surface area contributed by atoms with Gasteiger partial charge in [-0.2, -0.15) is 5.10 Å². The minimum Gasteiger partial charge on any atom is -0.384 e. The van der Waals surface area contributed by atoms with Crippen molar-refractivity contribution in [2.24, 2.45) is 7.05 Å². The summed E-state index contributed by atoms with van der Waals surface area (Å²) in [7, 11) is 1.83. The molecule has 14 heavy (non-hydrogen) atoms. The van der Waals surface area contributed by atoms with Gasteiger partial charge in [0.1, 0.15) is 6.10 Å². The highest BCUT2D eigenvalue weighted by Gasteiger charge is 2.30. The molecule has 1 aliphatic rings. The van der Waals surface area contributed by atoms with Crippen molar-refractivity contribution in [2.75, 3.05) is 0 Å². The first-order chi connectivity index (χ1) is 6.68. The Labute approximate surface area is 83.5 Å². The van der Waals surface area contributed by atoms with E-state index in [4.69, 9.17) is 4.74 Å². The highest BCUT2D eigenvalue weighted by Crippen LogP contribution is 2.29. The van der Waals surface area contributed by atoms with Gasteiger partial charge in [0.2, 0.25) is 0 Å². The zero-order valence-electron chi connectivity index (χ0n) is 8.55. The fraction of sp³-hybridized carbons (Fsp3) is 0.700. The van der Waals surface area contributed by atoms with E-state index in [1.807, 2.05) is 20.0 Å². The van der Waals surface area contributed by atoms with Crippen LogP contribution in [0.2, 0.25) is 0 Å². The van der Waals surface area contributed by atoms with Crippen molar-refractivity contribution in [1.29, 1.82) is 0 Å². The molecule has 1 aromatic rings. The Morgan fingerprint density at radius 3 is 2.93 bits per heavy atom. The number of aliphatic hydroxyl groups excluding tert-OH is 1. The molecule has 0 amide bonds. The third kappa shape index (κ3) is 1.67. The van der Waals surface area contributed by atoms with Crippen molar-refractivity contribution >= 4 is 0 Å². The molecule has 0 radical (unpaired) electrons. The molecule has 1 fully saturated rings. The Bertz CT molecular complexity index is 311. The molecular weight excluding hydrogens is 180 g/mol. The highest BCUT2D eigenvalue weighted by atomic mass is 16.5. The second-order valence-electron chi connectivity index (χ2n) is 3.89. The molecule has 0 saturated carbocycles. The van der Waals surface area contributed by atoms with Crippen LogP contribution in [0.4, 0.5) is 0 Å². The van der Waals surface area contributed by atoms with E-state index in [1.165, 1.54) is 0 Å². The first kappa shape index (κ1) is 9.68. The number of aromatic nitrogens is 2. The van der Waals surface area contributed by atoms with Crippen LogP contribution in [0, 0.1) is 0 Å². The zero-order chi connectivity index (χ0) is 10.1. The summed E-state index contributed by atoms with van der Waals surface area (Å²) in [5.41, 5.74) is 0.823. The first-order valence-corrected chi connectivity index (χ1v) is 5.00. The van der Waals surface area contributed by atoms with Crippen LogP contribution in [-0.4, -0.2) is 27.1 Å². The Kier molecular flexibility index (Phi) is 2.56. The summed E-state index contributed by atoms with van der Waals surface area (Å²) in [5, 5.41) is 14.1. The third-order valence-corrected chi connectivity index (χ3v) is 2.78. The summed E-state index contributed by atoms with van der Waals surface area (Å²) in [6, 6.07) is 1.83. The summed E-state index contributed by atoms with van der Waals surface area (Å²) < 4.78 is 7.30. The molecule has 0 aliphatic carbocycles. The molecule has 1 N–H and O–H groups in total. The van der Waals surface area contributed by atoms with Gasteiger partial charge in [0.05, 0.1) is 17.9 Å². The van der Waals surface area contributed by atoms with E-state index in [0.29, 0.717) is 0 Å². The van der Waals surface area contributed by atoms with Crippen molar-refractivity contribution in [3.63, 3.8) is 0 Å². The van der Waals surface area contributed by atoms with Gasteiger partial charge in [-0.3, -0.25) is 4.68 Å². The second-order valence-corrected chi connectivity index (χ2v) is 3.89. The lowest BCUT2D eigenvalue weighted by molar-refractivity contribution is -0.0328. The van der Waals surface area contributed by atoms with Crippen LogP contribution in [0.3, 0.4) is 0 Å². The SMILES string of the molecule is CC1CCC(C(O)c2ccnn2C)O1. The number of aliphatic hydroxyl groups is 1. The minimum absolute atomic E-state index is 0.0691. The summed E-state index contributed by atoms with van der Waals surface area (Å²) in [6.07, 6.45) is 3.29. The summed E-state index contributed by atoms with van der Waals surface area (Å²) >= 11 is 0. The smallest absolute Gasteiger partial charge is 0.122 e. The zero-order valence-corrected chi connectivity index (χ0v) is 8.55. The Morgan fingerprint density at radius 1 is 1.64 bits per heavy atom. The van der Waals surface area contributed by atoms with E-state index >= 15 is 0 Å². The maximum absolute atomic E-state index is 10.0. The lowest BCUT2D eigenvalue weighted by atomic mass is 10.1. The Hall–Kier alpha value is -0.870. The number of ether oxygens (including phenoxy) is 1. The quantitative estimate of drug-likeness (QED) is 0.768. The van der Waals surface area contributed by atoms with Crippen LogP contribution in [0.1, 0.15) is 31.6 Å². The van der Waals surface area contributed by atoms with Gasteiger partial charge in [0, 0.05) is 13.2 Å². The van der Waals surface area contributed by atoms with Gasteiger partial charge in [-0.05, 0) is 25.8 Å². The molecular formula is C10H16N2O2. The fourth-order valence-corrected chi connectivity index (χ4v) is 1.93. The average molecular weight is 196 g/mol. The van der Waals surface area contributed by atoms with Gasteiger partial charge in [0.15, 0.2) is 0 Å². The monoisotopic (exact) mass is 196 g/mol. The van der Waals surface area contributed by atoms with Gasteiger partial charge < -0.3 is 9.84 Å². The normalized spacial score (nSPS) is 29.4. The maximum atomic E-state index is 10.0. The van der Waals surface area contributed by atoms with Crippen molar-refractivity contribution in [3.05, 3.63) is 18.0 Å². The molecule has 4 heteroatoms. The van der Waals surface area contributed by atoms with E-state index in [2.05, 4.69) is 5.10 Å². The maximum Gasteiger partial charge on any atom is 0.122 e. The van der Waals surface area contributed by atoms with Crippen LogP contribution < -0.4 is 0 Å². The second kappa shape index (κ2) is 3.71. The standard InChI is InChI=1S/C10H16N2O2/c1-7-3-4-9(14-7)10(13)8-5-6-11-12(8)2/h5-7,9-10,13H,3-4H2,1-2H3. The van der Waals surface area contributed by atoms with Crippen molar-refractivity contribution in [1.82, 2.24) is 9.78 Å².